The Kier molecular flexibility index (Phi) is 4.92. The van der Waals surface area contributed by atoms with Gasteiger partial charge in [-0.3, -0.25) is 5.10 Å². The molecule has 0 radical (unpaired) electrons. The Morgan fingerprint density at radius 1 is 0.771 bits per heavy atom. The Hall–Kier alpha value is -5.05. The van der Waals surface area contributed by atoms with Gasteiger partial charge in [0, 0.05) is 40.1 Å². The van der Waals surface area contributed by atoms with Crippen LogP contribution in [0.15, 0.2) is 79.5 Å². The average molecular weight is 460 g/mol. The molecule has 0 bridgehead atoms. The van der Waals surface area contributed by atoms with Crippen molar-refractivity contribution >= 4 is 50.5 Å². The van der Waals surface area contributed by atoms with Crippen LogP contribution in [0.4, 0.5) is 28.7 Å². The zero-order chi connectivity index (χ0) is 23.8. The van der Waals surface area contributed by atoms with Gasteiger partial charge in [-0.2, -0.15) is 5.10 Å². The van der Waals surface area contributed by atoms with Crippen LogP contribution in [0.2, 0.25) is 0 Å². The number of hydrogen-bond donors (Lipinski definition) is 4. The third kappa shape index (κ3) is 3.74. The first-order chi connectivity index (χ1) is 17.2. The molecule has 0 unspecified atom stereocenters. The summed E-state index contributed by atoms with van der Waals surface area (Å²) < 4.78 is 0. The smallest absolute Gasteiger partial charge is 0.159 e. The molecule has 5 N–H and O–H groups in total. The second-order valence-corrected chi connectivity index (χ2v) is 8.14. The van der Waals surface area contributed by atoms with Crippen LogP contribution in [0.5, 0.6) is 0 Å². The van der Waals surface area contributed by atoms with E-state index in [4.69, 9.17) is 5.73 Å². The Morgan fingerprint density at radius 2 is 1.63 bits per heavy atom. The Morgan fingerprint density at radius 3 is 2.51 bits per heavy atom. The predicted molar refractivity (Wildman–Crippen MR) is 139 cm³/mol. The highest BCUT2D eigenvalue weighted by molar-refractivity contribution is 6.04. The van der Waals surface area contributed by atoms with Gasteiger partial charge in [0.25, 0.3) is 0 Å². The molecule has 35 heavy (non-hydrogen) atoms. The van der Waals surface area contributed by atoms with E-state index in [0.717, 1.165) is 50.2 Å². The maximum atomic E-state index is 5.83. The fourth-order valence-electron chi connectivity index (χ4n) is 4.13. The third-order valence-corrected chi connectivity index (χ3v) is 5.88. The molecule has 0 spiro atoms. The molecule has 0 amide bonds. The highest BCUT2D eigenvalue weighted by Crippen LogP contribution is 2.36. The van der Waals surface area contributed by atoms with Crippen LogP contribution in [0, 0.1) is 6.92 Å². The summed E-state index contributed by atoms with van der Waals surface area (Å²) in [6.45, 7) is 2.07. The number of aromatic nitrogens is 6. The molecule has 0 saturated carbocycles. The molecule has 0 aliphatic carbocycles. The third-order valence-electron chi connectivity index (χ3n) is 5.88. The van der Waals surface area contributed by atoms with E-state index in [1.54, 1.807) is 18.6 Å². The molecule has 0 aliphatic heterocycles. The van der Waals surface area contributed by atoms with E-state index in [9.17, 15) is 0 Å². The number of nitrogens with zero attached hydrogens (tertiary/aromatic N) is 5. The van der Waals surface area contributed by atoms with Gasteiger partial charge in [-0.1, -0.05) is 12.1 Å². The van der Waals surface area contributed by atoms with Crippen molar-refractivity contribution < 1.29 is 0 Å². The minimum atomic E-state index is 0.676. The van der Waals surface area contributed by atoms with Crippen LogP contribution >= 0.6 is 0 Å². The van der Waals surface area contributed by atoms with Crippen molar-refractivity contribution in [2.75, 3.05) is 16.4 Å². The summed E-state index contributed by atoms with van der Waals surface area (Å²) in [5.41, 5.74) is 11.8. The van der Waals surface area contributed by atoms with Crippen molar-refractivity contribution in [1.29, 1.82) is 0 Å². The molecule has 0 atom stereocenters. The molecule has 9 heteroatoms. The molecular weight excluding hydrogens is 438 g/mol. The van der Waals surface area contributed by atoms with E-state index >= 15 is 0 Å². The number of aryl methyl sites for hydroxylation is 1. The summed E-state index contributed by atoms with van der Waals surface area (Å²) in [7, 11) is 0. The van der Waals surface area contributed by atoms with Gasteiger partial charge in [0.05, 0.1) is 23.0 Å². The number of hydrogen-bond acceptors (Lipinski definition) is 8. The normalized spacial score (nSPS) is 11.1. The number of H-pyrrole nitrogens is 1. The molecule has 0 saturated heterocycles. The van der Waals surface area contributed by atoms with Crippen molar-refractivity contribution in [2.45, 2.75) is 6.92 Å². The van der Waals surface area contributed by atoms with Gasteiger partial charge in [-0.05, 0) is 55.0 Å². The lowest BCUT2D eigenvalue weighted by Crippen LogP contribution is -2.01. The first-order valence-electron chi connectivity index (χ1n) is 11.0. The number of pyridine rings is 2. The topological polar surface area (TPSA) is 130 Å². The maximum Gasteiger partial charge on any atom is 0.159 e. The number of aromatic amines is 1. The standard InChI is InChI=1S/C26H21N9/c1-15-4-9-19-18(10-12-29-24(19)33-17-7-5-16(27)6-8-17)22(15)34-25-20(3-2-11-28-25)23-21-13-32-35-26(21)31-14-30-23/h2-14H,27H2,1H3,(H,28,34)(H,29,33)(H,30,31,32,35). The molecule has 4 heterocycles. The van der Waals surface area contributed by atoms with Crippen LogP contribution < -0.4 is 16.4 Å². The molecule has 9 nitrogen and oxygen atoms in total. The second kappa shape index (κ2) is 8.38. The van der Waals surface area contributed by atoms with Crippen molar-refractivity contribution in [2.24, 2.45) is 0 Å². The van der Waals surface area contributed by atoms with Crippen molar-refractivity contribution in [3.8, 4) is 11.3 Å². The van der Waals surface area contributed by atoms with Crippen molar-refractivity contribution in [3.05, 3.63) is 85.1 Å². The van der Waals surface area contributed by atoms with Crippen LogP contribution in [-0.2, 0) is 0 Å². The molecule has 6 aromatic rings. The first-order valence-corrected chi connectivity index (χ1v) is 11.0. The van der Waals surface area contributed by atoms with Gasteiger partial charge in [-0.25, -0.2) is 19.9 Å². The van der Waals surface area contributed by atoms with Gasteiger partial charge in [0.2, 0.25) is 0 Å². The minimum Gasteiger partial charge on any atom is -0.399 e. The highest BCUT2D eigenvalue weighted by Gasteiger charge is 2.16. The summed E-state index contributed by atoms with van der Waals surface area (Å²) >= 11 is 0. The first kappa shape index (κ1) is 20.5. The lowest BCUT2D eigenvalue weighted by atomic mass is 10.0. The van der Waals surface area contributed by atoms with E-state index in [-0.39, 0.29) is 0 Å². The van der Waals surface area contributed by atoms with E-state index in [1.165, 1.54) is 6.33 Å². The summed E-state index contributed by atoms with van der Waals surface area (Å²) in [6, 6.07) is 17.6. The molecule has 170 valence electrons. The lowest BCUT2D eigenvalue weighted by Gasteiger charge is -2.17. The van der Waals surface area contributed by atoms with E-state index < -0.39 is 0 Å². The minimum absolute atomic E-state index is 0.676. The molecule has 0 fully saturated rings. The summed E-state index contributed by atoms with van der Waals surface area (Å²) in [5.74, 6) is 1.45. The number of rotatable bonds is 5. The Labute approximate surface area is 200 Å². The fraction of sp³-hybridized carbons (Fsp3) is 0.0385. The molecular formula is C26H21N9. The van der Waals surface area contributed by atoms with E-state index in [0.29, 0.717) is 17.2 Å². The van der Waals surface area contributed by atoms with Crippen molar-refractivity contribution in [3.63, 3.8) is 0 Å². The van der Waals surface area contributed by atoms with Crippen LogP contribution in [-0.4, -0.2) is 30.1 Å². The largest absolute Gasteiger partial charge is 0.399 e. The monoisotopic (exact) mass is 459 g/mol. The fourth-order valence-corrected chi connectivity index (χ4v) is 4.13. The molecule has 2 aromatic carbocycles. The van der Waals surface area contributed by atoms with Gasteiger partial charge < -0.3 is 16.4 Å². The number of benzene rings is 2. The summed E-state index contributed by atoms with van der Waals surface area (Å²) in [4.78, 5) is 18.0. The molecule has 0 aliphatic rings. The Balaban J connectivity index is 1.44. The number of anilines is 5. The number of nitrogens with two attached hydrogens (primary N) is 1. The van der Waals surface area contributed by atoms with Crippen LogP contribution in [0.3, 0.4) is 0 Å². The Bertz CT molecular complexity index is 1670. The van der Waals surface area contributed by atoms with Gasteiger partial charge >= 0.3 is 0 Å². The van der Waals surface area contributed by atoms with Gasteiger partial charge in [-0.15, -0.1) is 0 Å². The van der Waals surface area contributed by atoms with E-state index in [1.807, 2.05) is 42.5 Å². The number of nitrogens with one attached hydrogen (secondary N) is 3. The van der Waals surface area contributed by atoms with Crippen LogP contribution in [0.1, 0.15) is 5.56 Å². The second-order valence-electron chi connectivity index (χ2n) is 8.14. The predicted octanol–water partition coefficient (Wildman–Crippen LogP) is 5.34. The van der Waals surface area contributed by atoms with E-state index in [2.05, 4.69) is 59.8 Å². The summed E-state index contributed by atoms with van der Waals surface area (Å²) in [6.07, 6.45) is 6.81. The number of fused-ring (bicyclic) bond motifs is 2. The van der Waals surface area contributed by atoms with Gasteiger partial charge in [0.15, 0.2) is 5.65 Å². The highest BCUT2D eigenvalue weighted by atomic mass is 15.1. The quantitative estimate of drug-likeness (QED) is 0.254. The average Bonchev–Trinajstić information content (AvgIpc) is 3.37. The summed E-state index contributed by atoms with van der Waals surface area (Å²) in [5, 5.41) is 16.8. The van der Waals surface area contributed by atoms with Gasteiger partial charge in [0.1, 0.15) is 18.0 Å². The molecule has 4 aromatic heterocycles. The zero-order valence-electron chi connectivity index (χ0n) is 18.8. The van der Waals surface area contributed by atoms with Crippen LogP contribution in [0.25, 0.3) is 33.1 Å². The lowest BCUT2D eigenvalue weighted by molar-refractivity contribution is 1.09. The van der Waals surface area contributed by atoms with Crippen molar-refractivity contribution in [1.82, 2.24) is 30.1 Å². The SMILES string of the molecule is Cc1ccc2c(Nc3ccc(N)cc3)nccc2c1Nc1ncccc1-c1ncnc2[nH]ncc12. The zero-order valence-corrected chi connectivity index (χ0v) is 18.8. The molecule has 6 rings (SSSR count). The maximum absolute atomic E-state index is 5.83. The number of nitrogen functional groups attached to an aromatic ring is 1.